The Bertz CT molecular complexity index is 205. The molecule has 0 aliphatic carbocycles. The molecular weight excluding hydrogens is 176 g/mol. The zero-order chi connectivity index (χ0) is 10.8. The molecule has 0 unspecified atom stereocenters. The van der Waals surface area contributed by atoms with Gasteiger partial charge in [-0.3, -0.25) is 9.69 Å². The number of Topliss-reactive ketones (excluding diaryl/α,β-unsaturated/α-hetero) is 1. The van der Waals surface area contributed by atoms with E-state index in [0.717, 1.165) is 32.5 Å². The van der Waals surface area contributed by atoms with Crippen molar-refractivity contribution in [1.82, 2.24) is 9.80 Å². The molecule has 1 rings (SSSR count). The number of ketones is 1. The molecule has 0 amide bonds. The second-order valence-electron chi connectivity index (χ2n) is 4.42. The Balaban J connectivity index is 2.70. The highest BCUT2D eigenvalue weighted by atomic mass is 16.1. The highest BCUT2D eigenvalue weighted by Gasteiger charge is 2.40. The van der Waals surface area contributed by atoms with E-state index in [-0.39, 0.29) is 5.54 Å². The molecular formula is C11H22N2O. The van der Waals surface area contributed by atoms with Crippen molar-refractivity contribution in [1.29, 1.82) is 0 Å². The van der Waals surface area contributed by atoms with Crippen molar-refractivity contribution in [2.75, 3.05) is 33.7 Å². The fourth-order valence-corrected chi connectivity index (χ4v) is 2.35. The number of carbonyl (C=O) groups is 1. The van der Waals surface area contributed by atoms with E-state index in [2.05, 4.69) is 16.7 Å². The van der Waals surface area contributed by atoms with E-state index >= 15 is 0 Å². The monoisotopic (exact) mass is 198 g/mol. The number of hydrogen-bond acceptors (Lipinski definition) is 3. The van der Waals surface area contributed by atoms with Gasteiger partial charge in [-0.15, -0.1) is 0 Å². The average Bonchev–Trinajstić information content (AvgIpc) is 2.17. The third kappa shape index (κ3) is 1.98. The zero-order valence-electron chi connectivity index (χ0n) is 9.84. The summed E-state index contributed by atoms with van der Waals surface area (Å²) in [6.45, 7) is 7.10. The Labute approximate surface area is 87.1 Å². The van der Waals surface area contributed by atoms with Crippen molar-refractivity contribution < 1.29 is 4.79 Å². The molecule has 1 aliphatic heterocycles. The number of likely N-dealkylation sites (N-methyl/N-ethyl adjacent to an activating group) is 1. The molecule has 0 aromatic rings. The van der Waals surface area contributed by atoms with Gasteiger partial charge in [0.1, 0.15) is 5.78 Å². The normalized spacial score (nSPS) is 22.6. The molecule has 0 radical (unpaired) electrons. The molecule has 0 N–H and O–H groups in total. The molecule has 0 spiro atoms. The predicted molar refractivity (Wildman–Crippen MR) is 58.4 cm³/mol. The van der Waals surface area contributed by atoms with E-state index in [1.54, 1.807) is 6.92 Å². The summed E-state index contributed by atoms with van der Waals surface area (Å²) >= 11 is 0. The summed E-state index contributed by atoms with van der Waals surface area (Å²) in [4.78, 5) is 16.2. The van der Waals surface area contributed by atoms with E-state index in [0.29, 0.717) is 5.78 Å². The van der Waals surface area contributed by atoms with Crippen LogP contribution in [0.3, 0.4) is 0 Å². The van der Waals surface area contributed by atoms with Crippen molar-refractivity contribution in [2.24, 2.45) is 0 Å². The smallest absolute Gasteiger partial charge is 0.150 e. The zero-order valence-corrected chi connectivity index (χ0v) is 9.84. The first-order valence-electron chi connectivity index (χ1n) is 5.44. The van der Waals surface area contributed by atoms with E-state index in [1.807, 2.05) is 14.1 Å². The highest BCUT2D eigenvalue weighted by Crippen LogP contribution is 2.27. The lowest BCUT2D eigenvalue weighted by Gasteiger charge is -2.44. The molecule has 0 saturated carbocycles. The molecule has 82 valence electrons. The summed E-state index contributed by atoms with van der Waals surface area (Å²) < 4.78 is 0. The van der Waals surface area contributed by atoms with Crippen molar-refractivity contribution in [3.63, 3.8) is 0 Å². The Morgan fingerprint density at radius 1 is 1.36 bits per heavy atom. The Morgan fingerprint density at radius 2 is 1.86 bits per heavy atom. The van der Waals surface area contributed by atoms with Gasteiger partial charge < -0.3 is 4.90 Å². The van der Waals surface area contributed by atoms with E-state index < -0.39 is 0 Å². The van der Waals surface area contributed by atoms with Crippen molar-refractivity contribution in [3.8, 4) is 0 Å². The summed E-state index contributed by atoms with van der Waals surface area (Å²) in [5.41, 5.74) is -0.189. The minimum Gasteiger partial charge on any atom is -0.303 e. The molecule has 3 heteroatoms. The molecule has 1 saturated heterocycles. The summed E-state index contributed by atoms with van der Waals surface area (Å²) in [6.07, 6.45) is 1.95. The molecule has 1 heterocycles. The lowest BCUT2D eigenvalue weighted by molar-refractivity contribution is -0.130. The van der Waals surface area contributed by atoms with Crippen LogP contribution in [0.2, 0.25) is 0 Å². The van der Waals surface area contributed by atoms with Crippen molar-refractivity contribution in [3.05, 3.63) is 0 Å². The van der Waals surface area contributed by atoms with Crippen LogP contribution < -0.4 is 0 Å². The number of likely N-dealkylation sites (tertiary alicyclic amines) is 1. The standard InChI is InChI=1S/C11H22N2O/c1-5-13-8-6-11(7-9-13,10(2)14)12(3)4/h5-9H2,1-4H3. The first kappa shape index (κ1) is 11.7. The third-order valence-electron chi connectivity index (χ3n) is 3.64. The number of nitrogens with zero attached hydrogens (tertiary/aromatic N) is 2. The van der Waals surface area contributed by atoms with Crippen LogP contribution in [0.25, 0.3) is 0 Å². The van der Waals surface area contributed by atoms with Gasteiger partial charge in [-0.05, 0) is 40.4 Å². The number of hydrogen-bond donors (Lipinski definition) is 0. The van der Waals surface area contributed by atoms with E-state index in [1.165, 1.54) is 0 Å². The summed E-state index contributed by atoms with van der Waals surface area (Å²) in [7, 11) is 4.03. The van der Waals surface area contributed by atoms with Gasteiger partial charge in [0.25, 0.3) is 0 Å². The molecule has 1 aliphatic rings. The fourth-order valence-electron chi connectivity index (χ4n) is 2.35. The second kappa shape index (κ2) is 4.41. The minimum absolute atomic E-state index is 0.189. The van der Waals surface area contributed by atoms with Crippen LogP contribution >= 0.6 is 0 Å². The van der Waals surface area contributed by atoms with E-state index in [4.69, 9.17) is 0 Å². The Hall–Kier alpha value is -0.410. The van der Waals surface area contributed by atoms with Gasteiger partial charge in [0.05, 0.1) is 5.54 Å². The van der Waals surface area contributed by atoms with Crippen LogP contribution in [0.5, 0.6) is 0 Å². The maximum absolute atomic E-state index is 11.7. The van der Waals surface area contributed by atoms with Gasteiger partial charge >= 0.3 is 0 Å². The lowest BCUT2D eigenvalue weighted by Crippen LogP contribution is -2.56. The Morgan fingerprint density at radius 3 is 2.14 bits per heavy atom. The largest absolute Gasteiger partial charge is 0.303 e. The minimum atomic E-state index is -0.189. The molecule has 3 nitrogen and oxygen atoms in total. The number of carbonyl (C=O) groups excluding carboxylic acids is 1. The molecule has 0 aromatic carbocycles. The summed E-state index contributed by atoms with van der Waals surface area (Å²) in [5, 5.41) is 0. The topological polar surface area (TPSA) is 23.6 Å². The lowest BCUT2D eigenvalue weighted by atomic mass is 9.83. The first-order chi connectivity index (χ1) is 6.53. The maximum atomic E-state index is 11.7. The third-order valence-corrected chi connectivity index (χ3v) is 3.64. The molecule has 0 aromatic heterocycles. The van der Waals surface area contributed by atoms with Crippen LogP contribution in [0.1, 0.15) is 26.7 Å². The van der Waals surface area contributed by atoms with Gasteiger partial charge in [-0.2, -0.15) is 0 Å². The fraction of sp³-hybridized carbons (Fsp3) is 0.909. The number of piperidine rings is 1. The second-order valence-corrected chi connectivity index (χ2v) is 4.42. The van der Waals surface area contributed by atoms with Gasteiger partial charge in [-0.1, -0.05) is 6.92 Å². The van der Waals surface area contributed by atoms with Crippen molar-refractivity contribution in [2.45, 2.75) is 32.2 Å². The van der Waals surface area contributed by atoms with Gasteiger partial charge in [-0.25, -0.2) is 0 Å². The number of rotatable bonds is 3. The SMILES string of the molecule is CCN1CCC(C(C)=O)(N(C)C)CC1. The highest BCUT2D eigenvalue weighted by molar-refractivity contribution is 5.86. The molecule has 14 heavy (non-hydrogen) atoms. The van der Waals surface area contributed by atoms with Gasteiger partial charge in [0.2, 0.25) is 0 Å². The van der Waals surface area contributed by atoms with E-state index in [9.17, 15) is 4.79 Å². The van der Waals surface area contributed by atoms with Crippen LogP contribution in [0, 0.1) is 0 Å². The average molecular weight is 198 g/mol. The van der Waals surface area contributed by atoms with Gasteiger partial charge in [0, 0.05) is 13.1 Å². The molecule has 0 atom stereocenters. The summed E-state index contributed by atoms with van der Waals surface area (Å²) in [6, 6.07) is 0. The van der Waals surface area contributed by atoms with Gasteiger partial charge in [0.15, 0.2) is 0 Å². The quantitative estimate of drug-likeness (QED) is 0.675. The van der Waals surface area contributed by atoms with Crippen molar-refractivity contribution >= 4 is 5.78 Å². The molecule has 0 bridgehead atoms. The van der Waals surface area contributed by atoms with Crippen LogP contribution in [0.15, 0.2) is 0 Å². The van der Waals surface area contributed by atoms with Crippen LogP contribution in [-0.4, -0.2) is 54.9 Å². The maximum Gasteiger partial charge on any atom is 0.150 e. The molecule has 1 fully saturated rings. The van der Waals surface area contributed by atoms with Crippen LogP contribution in [0.4, 0.5) is 0 Å². The predicted octanol–water partition coefficient (Wildman–Crippen LogP) is 0.991. The van der Waals surface area contributed by atoms with Crippen LogP contribution in [-0.2, 0) is 4.79 Å². The Kier molecular flexibility index (Phi) is 3.67. The summed E-state index contributed by atoms with van der Waals surface area (Å²) in [5.74, 6) is 0.318. The first-order valence-corrected chi connectivity index (χ1v) is 5.44.